The van der Waals surface area contributed by atoms with E-state index in [0.717, 1.165) is 5.56 Å². The van der Waals surface area contributed by atoms with Crippen molar-refractivity contribution >= 4 is 17.6 Å². The third kappa shape index (κ3) is 4.56. The largest absolute Gasteiger partial charge is 0.481 e. The lowest BCUT2D eigenvalue weighted by molar-refractivity contribution is -0.137. The van der Waals surface area contributed by atoms with Gasteiger partial charge in [-0.05, 0) is 37.0 Å². The zero-order chi connectivity index (χ0) is 15.9. The van der Waals surface area contributed by atoms with E-state index in [-0.39, 0.29) is 12.3 Å². The number of carboxylic acids is 1. The molecule has 1 rings (SSSR count). The van der Waals surface area contributed by atoms with Crippen LogP contribution in [0.2, 0.25) is 0 Å². The molecular formula is C16H24N2O3. The number of amides is 1. The van der Waals surface area contributed by atoms with E-state index in [2.05, 4.69) is 5.32 Å². The van der Waals surface area contributed by atoms with Crippen molar-refractivity contribution < 1.29 is 14.7 Å². The summed E-state index contributed by atoms with van der Waals surface area (Å²) >= 11 is 0. The van der Waals surface area contributed by atoms with Crippen molar-refractivity contribution in [3.63, 3.8) is 0 Å². The van der Waals surface area contributed by atoms with E-state index in [1.807, 2.05) is 26.0 Å². The lowest BCUT2D eigenvalue weighted by atomic mass is 9.81. The van der Waals surface area contributed by atoms with E-state index in [9.17, 15) is 9.59 Å². The highest BCUT2D eigenvalue weighted by Gasteiger charge is 2.33. The number of nitrogens with one attached hydrogen (secondary N) is 1. The third-order valence-corrected chi connectivity index (χ3v) is 4.07. The third-order valence-electron chi connectivity index (χ3n) is 4.07. The molecule has 1 aromatic rings. The number of anilines is 1. The maximum Gasteiger partial charge on any atom is 0.303 e. The van der Waals surface area contributed by atoms with E-state index < -0.39 is 11.4 Å². The molecular weight excluding hydrogens is 268 g/mol. The van der Waals surface area contributed by atoms with Crippen molar-refractivity contribution in [2.75, 3.05) is 11.9 Å². The van der Waals surface area contributed by atoms with Crippen LogP contribution in [0.15, 0.2) is 24.3 Å². The maximum absolute atomic E-state index is 12.4. The standard InChI is InChI=1S/C16H24N2O3/c1-3-16(4-2,11-17)15(21)18-13-8-5-12(6-9-13)7-10-14(19)20/h5-6,8-9H,3-4,7,10-11,17H2,1-2H3,(H,18,21)(H,19,20). The number of aliphatic carboxylic acids is 1. The molecule has 21 heavy (non-hydrogen) atoms. The van der Waals surface area contributed by atoms with E-state index in [1.54, 1.807) is 12.1 Å². The summed E-state index contributed by atoms with van der Waals surface area (Å²) in [5.74, 6) is -0.876. The summed E-state index contributed by atoms with van der Waals surface area (Å²) in [6.07, 6.45) is 1.99. The summed E-state index contributed by atoms with van der Waals surface area (Å²) in [6.45, 7) is 4.25. The molecule has 0 spiro atoms. The summed E-state index contributed by atoms with van der Waals surface area (Å²) < 4.78 is 0. The molecule has 0 aliphatic carbocycles. The van der Waals surface area contributed by atoms with Gasteiger partial charge in [-0.2, -0.15) is 0 Å². The topological polar surface area (TPSA) is 92.4 Å². The number of aryl methyl sites for hydroxylation is 1. The molecule has 0 unspecified atom stereocenters. The van der Waals surface area contributed by atoms with Gasteiger partial charge in [0.05, 0.1) is 5.41 Å². The number of nitrogens with two attached hydrogens (primary N) is 1. The monoisotopic (exact) mass is 292 g/mol. The van der Waals surface area contributed by atoms with Gasteiger partial charge >= 0.3 is 5.97 Å². The Morgan fingerprint density at radius 3 is 2.19 bits per heavy atom. The molecule has 116 valence electrons. The second-order valence-electron chi connectivity index (χ2n) is 5.24. The van der Waals surface area contributed by atoms with Crippen LogP contribution in [-0.2, 0) is 16.0 Å². The molecule has 0 atom stereocenters. The Hall–Kier alpha value is -1.88. The molecule has 0 fully saturated rings. The smallest absolute Gasteiger partial charge is 0.303 e. The molecule has 5 nitrogen and oxygen atoms in total. The predicted molar refractivity (Wildman–Crippen MR) is 83.1 cm³/mol. The molecule has 4 N–H and O–H groups in total. The van der Waals surface area contributed by atoms with Gasteiger partial charge in [0.1, 0.15) is 0 Å². The fourth-order valence-corrected chi connectivity index (χ4v) is 2.22. The Morgan fingerprint density at radius 2 is 1.76 bits per heavy atom. The maximum atomic E-state index is 12.4. The number of benzene rings is 1. The fraction of sp³-hybridized carbons (Fsp3) is 0.500. The van der Waals surface area contributed by atoms with Crippen molar-refractivity contribution in [2.45, 2.75) is 39.5 Å². The summed E-state index contributed by atoms with van der Waals surface area (Å²) in [4.78, 5) is 22.9. The fourth-order valence-electron chi connectivity index (χ4n) is 2.22. The Labute approximate surface area is 125 Å². The van der Waals surface area contributed by atoms with Crippen LogP contribution in [0.3, 0.4) is 0 Å². The van der Waals surface area contributed by atoms with Crippen LogP contribution in [0.25, 0.3) is 0 Å². The van der Waals surface area contributed by atoms with Crippen LogP contribution < -0.4 is 11.1 Å². The molecule has 0 saturated heterocycles. The van der Waals surface area contributed by atoms with Crippen molar-refractivity contribution in [2.24, 2.45) is 11.1 Å². The number of carbonyl (C=O) groups excluding carboxylic acids is 1. The molecule has 0 heterocycles. The minimum Gasteiger partial charge on any atom is -0.481 e. The molecule has 0 aliphatic rings. The summed E-state index contributed by atoms with van der Waals surface area (Å²) in [5.41, 5.74) is 6.88. The van der Waals surface area contributed by atoms with E-state index >= 15 is 0 Å². The molecule has 1 aromatic carbocycles. The van der Waals surface area contributed by atoms with Crippen LogP contribution in [-0.4, -0.2) is 23.5 Å². The number of hydrogen-bond donors (Lipinski definition) is 3. The van der Waals surface area contributed by atoms with Gasteiger partial charge < -0.3 is 16.2 Å². The number of rotatable bonds is 8. The highest BCUT2D eigenvalue weighted by molar-refractivity contribution is 5.95. The van der Waals surface area contributed by atoms with E-state index in [1.165, 1.54) is 0 Å². The molecule has 0 aliphatic heterocycles. The first-order chi connectivity index (χ1) is 9.97. The van der Waals surface area contributed by atoms with Gasteiger partial charge in [0.15, 0.2) is 0 Å². The van der Waals surface area contributed by atoms with E-state index in [4.69, 9.17) is 10.8 Å². The van der Waals surface area contributed by atoms with Gasteiger partial charge in [-0.3, -0.25) is 9.59 Å². The van der Waals surface area contributed by atoms with Crippen LogP contribution in [0.4, 0.5) is 5.69 Å². The highest BCUT2D eigenvalue weighted by atomic mass is 16.4. The zero-order valence-electron chi connectivity index (χ0n) is 12.7. The second-order valence-corrected chi connectivity index (χ2v) is 5.24. The zero-order valence-corrected chi connectivity index (χ0v) is 12.7. The Bertz CT molecular complexity index is 471. The van der Waals surface area contributed by atoms with Gasteiger partial charge in [-0.25, -0.2) is 0 Å². The second kappa shape index (κ2) is 7.78. The SMILES string of the molecule is CCC(CC)(CN)C(=O)Nc1ccc(CCC(=O)O)cc1. The van der Waals surface area contributed by atoms with Crippen molar-refractivity contribution in [1.82, 2.24) is 0 Å². The van der Waals surface area contributed by atoms with Gasteiger partial charge in [-0.15, -0.1) is 0 Å². The number of carboxylic acid groups (broad SMARTS) is 1. The van der Waals surface area contributed by atoms with E-state index in [0.29, 0.717) is 31.5 Å². The first-order valence-corrected chi connectivity index (χ1v) is 7.29. The van der Waals surface area contributed by atoms with Crippen LogP contribution >= 0.6 is 0 Å². The Balaban J connectivity index is 2.71. The highest BCUT2D eigenvalue weighted by Crippen LogP contribution is 2.27. The predicted octanol–water partition coefficient (Wildman–Crippen LogP) is 2.41. The average Bonchev–Trinajstić information content (AvgIpc) is 2.49. The minimum absolute atomic E-state index is 0.0618. The van der Waals surface area contributed by atoms with Gasteiger partial charge in [0, 0.05) is 18.7 Å². The van der Waals surface area contributed by atoms with Crippen molar-refractivity contribution in [3.05, 3.63) is 29.8 Å². The molecule has 0 radical (unpaired) electrons. The summed E-state index contributed by atoms with van der Waals surface area (Å²) in [5, 5.41) is 11.5. The van der Waals surface area contributed by atoms with Gasteiger partial charge in [0.2, 0.25) is 5.91 Å². The molecule has 0 saturated carbocycles. The Kier molecular flexibility index (Phi) is 6.37. The van der Waals surface area contributed by atoms with Gasteiger partial charge in [-0.1, -0.05) is 26.0 Å². The quantitative estimate of drug-likeness (QED) is 0.686. The lowest BCUT2D eigenvalue weighted by Gasteiger charge is -2.28. The lowest BCUT2D eigenvalue weighted by Crippen LogP contribution is -2.41. The molecule has 1 amide bonds. The molecule has 5 heteroatoms. The van der Waals surface area contributed by atoms with Gasteiger partial charge in [0.25, 0.3) is 0 Å². The number of hydrogen-bond acceptors (Lipinski definition) is 3. The molecule has 0 aromatic heterocycles. The molecule has 0 bridgehead atoms. The first-order valence-electron chi connectivity index (χ1n) is 7.29. The van der Waals surface area contributed by atoms with Crippen LogP contribution in [0.1, 0.15) is 38.7 Å². The summed E-state index contributed by atoms with van der Waals surface area (Å²) in [6, 6.07) is 7.25. The van der Waals surface area contributed by atoms with Crippen LogP contribution in [0, 0.1) is 5.41 Å². The van der Waals surface area contributed by atoms with Crippen LogP contribution in [0.5, 0.6) is 0 Å². The minimum atomic E-state index is -0.814. The number of carbonyl (C=O) groups is 2. The normalized spacial score (nSPS) is 11.2. The summed E-state index contributed by atoms with van der Waals surface area (Å²) in [7, 11) is 0. The Morgan fingerprint density at radius 1 is 1.19 bits per heavy atom. The van der Waals surface area contributed by atoms with Crippen molar-refractivity contribution in [3.8, 4) is 0 Å². The average molecular weight is 292 g/mol. The van der Waals surface area contributed by atoms with Crippen molar-refractivity contribution in [1.29, 1.82) is 0 Å². The first kappa shape index (κ1) is 17.2.